The number of unbranched alkanes of at least 4 members (excludes halogenated alkanes) is 18. The van der Waals surface area contributed by atoms with E-state index in [0.29, 0.717) is 19.3 Å². The van der Waals surface area contributed by atoms with Crippen LogP contribution in [-0.2, 0) is 28.6 Å². The second-order valence-corrected chi connectivity index (χ2v) is 17.0. The van der Waals surface area contributed by atoms with Gasteiger partial charge < -0.3 is 23.8 Å². The zero-order valence-corrected chi connectivity index (χ0v) is 38.7. The zero-order valence-electron chi connectivity index (χ0n) is 38.7. The van der Waals surface area contributed by atoms with Crippen molar-refractivity contribution >= 4 is 17.9 Å². The number of esters is 2. The summed E-state index contributed by atoms with van der Waals surface area (Å²) in [6.45, 7) is 4.50. The van der Waals surface area contributed by atoms with Crippen molar-refractivity contribution in [2.75, 3.05) is 41.0 Å². The summed E-state index contributed by atoms with van der Waals surface area (Å²) >= 11 is 0. The summed E-state index contributed by atoms with van der Waals surface area (Å²) in [5, 5.41) is 9.63. The van der Waals surface area contributed by atoms with Gasteiger partial charge in [0.15, 0.2) is 12.1 Å². The minimum absolute atomic E-state index is 0.0541. The molecule has 1 N–H and O–H groups in total. The van der Waals surface area contributed by atoms with Crippen molar-refractivity contribution in [3.63, 3.8) is 0 Å². The third-order valence-corrected chi connectivity index (χ3v) is 10.4. The van der Waals surface area contributed by atoms with E-state index in [4.69, 9.17) is 14.2 Å². The van der Waals surface area contributed by atoms with Crippen LogP contribution >= 0.6 is 0 Å². The third kappa shape index (κ3) is 40.2. The predicted molar refractivity (Wildman–Crippen MR) is 247 cm³/mol. The Balaban J connectivity index is 4.19. The number of rotatable bonds is 42. The largest absolute Gasteiger partial charge is 0.477 e. The molecule has 0 amide bonds. The highest BCUT2D eigenvalue weighted by atomic mass is 16.6. The Morgan fingerprint density at radius 1 is 0.508 bits per heavy atom. The highest BCUT2D eigenvalue weighted by Crippen LogP contribution is 2.15. The minimum atomic E-state index is -0.879. The molecule has 0 spiro atoms. The van der Waals surface area contributed by atoms with Gasteiger partial charge in [-0.25, -0.2) is 4.79 Å². The van der Waals surface area contributed by atoms with Crippen molar-refractivity contribution in [3.8, 4) is 0 Å². The monoisotopic (exact) mass is 829 g/mol. The van der Waals surface area contributed by atoms with Crippen LogP contribution in [0.15, 0.2) is 60.8 Å². The van der Waals surface area contributed by atoms with Crippen LogP contribution in [0.3, 0.4) is 0 Å². The zero-order chi connectivity index (χ0) is 43.5. The van der Waals surface area contributed by atoms with Gasteiger partial charge in [-0.3, -0.25) is 9.59 Å². The van der Waals surface area contributed by atoms with Crippen molar-refractivity contribution in [2.45, 2.75) is 206 Å². The maximum Gasteiger partial charge on any atom is 0.362 e. The van der Waals surface area contributed by atoms with Gasteiger partial charge in [-0.2, -0.15) is 0 Å². The minimum Gasteiger partial charge on any atom is -0.477 e. The van der Waals surface area contributed by atoms with E-state index in [-0.39, 0.29) is 36.2 Å². The van der Waals surface area contributed by atoms with Crippen molar-refractivity contribution in [1.82, 2.24) is 0 Å². The fraction of sp³-hybridized carbons (Fsp3) is 0.745. The van der Waals surface area contributed by atoms with E-state index >= 15 is 0 Å². The molecule has 0 fully saturated rings. The predicted octanol–water partition coefficient (Wildman–Crippen LogP) is 13.4. The van der Waals surface area contributed by atoms with Crippen molar-refractivity contribution in [3.05, 3.63) is 60.8 Å². The van der Waals surface area contributed by atoms with E-state index in [1.807, 2.05) is 21.1 Å². The molecule has 0 radical (unpaired) electrons. The molecule has 0 heterocycles. The first-order chi connectivity index (χ1) is 28.6. The van der Waals surface area contributed by atoms with Gasteiger partial charge >= 0.3 is 17.9 Å². The van der Waals surface area contributed by atoms with Crippen molar-refractivity contribution < 1.29 is 38.2 Å². The van der Waals surface area contributed by atoms with E-state index < -0.39 is 18.1 Å². The number of hydrogen-bond acceptors (Lipinski definition) is 6. The summed E-state index contributed by atoms with van der Waals surface area (Å²) in [5.74, 6) is -1.49. The summed E-state index contributed by atoms with van der Waals surface area (Å²) < 4.78 is 17.3. The first kappa shape index (κ1) is 56.0. The smallest absolute Gasteiger partial charge is 0.362 e. The molecular weight excluding hydrogens is 739 g/mol. The quantitative estimate of drug-likeness (QED) is 0.0283. The molecule has 8 heteroatoms. The SMILES string of the molecule is CC/C=C/C/C=C/C/C=C/CCCCCCCCCCCCCCCC(=O)OCC(COCCC(C(=O)O)[N+](C)(C)C)OC(=O)CCCCCCC/C=C/C/C=C/CC. The standard InChI is InChI=1S/C51H89NO7/c1-6-8-10-12-14-16-18-20-21-22-23-24-25-26-27-28-29-30-32-33-35-37-39-41-49(53)58-46-47(45-57-44-43-48(51(55)56)52(3,4)5)59-50(54)42-40-38-36-34-31-19-17-15-13-11-9-7-2/h8-11,14-17,20-21,47-48H,6-7,12-13,18-19,22-46H2,1-5H3/p+1/b10-8+,11-9+,16-14+,17-15+,21-20+. The van der Waals surface area contributed by atoms with Gasteiger partial charge in [0.1, 0.15) is 6.61 Å². The fourth-order valence-electron chi connectivity index (χ4n) is 6.79. The molecule has 0 aliphatic carbocycles. The van der Waals surface area contributed by atoms with Gasteiger partial charge in [0.2, 0.25) is 0 Å². The summed E-state index contributed by atoms with van der Waals surface area (Å²) in [7, 11) is 5.52. The Morgan fingerprint density at radius 2 is 0.898 bits per heavy atom. The van der Waals surface area contributed by atoms with E-state index in [2.05, 4.69) is 74.6 Å². The van der Waals surface area contributed by atoms with E-state index in [1.165, 1.54) is 70.6 Å². The number of nitrogens with zero attached hydrogens (tertiary/aromatic N) is 1. The van der Waals surface area contributed by atoms with Gasteiger partial charge in [-0.05, 0) is 70.6 Å². The molecule has 0 aromatic carbocycles. The van der Waals surface area contributed by atoms with Crippen LogP contribution in [0.5, 0.6) is 0 Å². The van der Waals surface area contributed by atoms with Crippen LogP contribution < -0.4 is 0 Å². The lowest BCUT2D eigenvalue weighted by atomic mass is 10.0. The molecular formula is C51H90NO7+. The Morgan fingerprint density at radius 3 is 1.32 bits per heavy atom. The lowest BCUT2D eigenvalue weighted by Gasteiger charge is -2.31. The molecule has 0 aliphatic heterocycles. The normalized spacial score (nSPS) is 13.4. The number of carboxylic acids is 1. The summed E-state index contributed by atoms with van der Waals surface area (Å²) in [6, 6.07) is -0.618. The maximum atomic E-state index is 12.7. The van der Waals surface area contributed by atoms with Crippen molar-refractivity contribution in [2.24, 2.45) is 0 Å². The lowest BCUT2D eigenvalue weighted by molar-refractivity contribution is -0.887. The topological polar surface area (TPSA) is 99.1 Å². The molecule has 0 saturated heterocycles. The average Bonchev–Trinajstić information content (AvgIpc) is 3.19. The van der Waals surface area contributed by atoms with Gasteiger partial charge in [-0.15, -0.1) is 0 Å². The highest BCUT2D eigenvalue weighted by molar-refractivity contribution is 5.72. The molecule has 8 nitrogen and oxygen atoms in total. The Hall–Kier alpha value is -2.97. The van der Waals surface area contributed by atoms with E-state index in [0.717, 1.165) is 89.9 Å². The maximum absolute atomic E-state index is 12.7. The average molecular weight is 829 g/mol. The number of likely N-dealkylation sites (N-methyl/N-ethyl adjacent to an activating group) is 1. The Kier molecular flexibility index (Phi) is 39.6. The molecule has 59 heavy (non-hydrogen) atoms. The molecule has 0 rings (SSSR count). The van der Waals surface area contributed by atoms with Crippen LogP contribution in [0.4, 0.5) is 0 Å². The number of hydrogen-bond donors (Lipinski definition) is 1. The van der Waals surface area contributed by atoms with E-state index in [1.54, 1.807) is 0 Å². The number of carbonyl (C=O) groups excluding carboxylic acids is 2. The molecule has 0 bridgehead atoms. The highest BCUT2D eigenvalue weighted by Gasteiger charge is 2.31. The number of ether oxygens (including phenoxy) is 3. The lowest BCUT2D eigenvalue weighted by Crippen LogP contribution is -2.50. The van der Waals surface area contributed by atoms with Gasteiger partial charge in [0.05, 0.1) is 34.4 Å². The molecule has 2 unspecified atom stereocenters. The first-order valence-electron chi connectivity index (χ1n) is 23.8. The summed E-state index contributed by atoms with van der Waals surface area (Å²) in [4.78, 5) is 37.0. The number of carboxylic acid groups (broad SMARTS) is 1. The van der Waals surface area contributed by atoms with Crippen LogP contribution in [0, 0.1) is 0 Å². The molecule has 340 valence electrons. The summed E-state index contributed by atoms with van der Waals surface area (Å²) in [6.07, 6.45) is 51.3. The number of allylic oxidation sites excluding steroid dienone is 10. The molecule has 0 aromatic heterocycles. The molecule has 2 atom stereocenters. The molecule has 0 aromatic rings. The van der Waals surface area contributed by atoms with Gasteiger partial charge in [0, 0.05) is 19.3 Å². The van der Waals surface area contributed by atoms with Gasteiger partial charge in [-0.1, -0.05) is 164 Å². The van der Waals surface area contributed by atoms with Crippen LogP contribution in [0.2, 0.25) is 0 Å². The number of carbonyl (C=O) groups is 3. The fourth-order valence-corrected chi connectivity index (χ4v) is 6.79. The van der Waals surface area contributed by atoms with Crippen molar-refractivity contribution in [1.29, 1.82) is 0 Å². The Bertz CT molecular complexity index is 1150. The molecule has 0 saturated carbocycles. The van der Waals surface area contributed by atoms with E-state index in [9.17, 15) is 19.5 Å². The number of aliphatic carboxylic acids is 1. The first-order valence-corrected chi connectivity index (χ1v) is 23.8. The Labute approximate surface area is 362 Å². The van der Waals surface area contributed by atoms with Crippen LogP contribution in [-0.4, -0.2) is 80.6 Å². The summed E-state index contributed by atoms with van der Waals surface area (Å²) in [5.41, 5.74) is 0. The van der Waals surface area contributed by atoms with Crippen LogP contribution in [0.1, 0.15) is 194 Å². The number of quaternary nitrogens is 1. The van der Waals surface area contributed by atoms with Gasteiger partial charge in [0.25, 0.3) is 0 Å². The van der Waals surface area contributed by atoms with Crippen LogP contribution in [0.25, 0.3) is 0 Å². The second-order valence-electron chi connectivity index (χ2n) is 17.0. The molecule has 0 aliphatic rings. The second kappa shape index (κ2) is 41.8. The third-order valence-electron chi connectivity index (χ3n) is 10.4.